The Morgan fingerprint density at radius 1 is 1.42 bits per heavy atom. The van der Waals surface area contributed by atoms with Crippen LogP contribution in [0.3, 0.4) is 0 Å². The van der Waals surface area contributed by atoms with Gasteiger partial charge in [-0.15, -0.1) is 11.3 Å². The molecule has 1 aliphatic rings. The Bertz CT molecular complexity index is 1280. The van der Waals surface area contributed by atoms with Gasteiger partial charge in [-0.1, -0.05) is 17.4 Å². The van der Waals surface area contributed by atoms with Crippen LogP contribution in [-0.2, 0) is 0 Å². The molecule has 1 aliphatic carbocycles. The number of H-pyrrole nitrogens is 1. The molecule has 4 aromatic heterocycles. The molecule has 0 radical (unpaired) electrons. The van der Waals surface area contributed by atoms with Gasteiger partial charge in [0.25, 0.3) is 0 Å². The topological polar surface area (TPSA) is 95.6 Å². The highest BCUT2D eigenvalue weighted by Crippen LogP contribution is 2.24. The highest BCUT2D eigenvalue weighted by atomic mass is 32.1. The van der Waals surface area contributed by atoms with Crippen LogP contribution in [-0.4, -0.2) is 30.7 Å². The fourth-order valence-electron chi connectivity index (χ4n) is 2.67. The van der Waals surface area contributed by atoms with Crippen molar-refractivity contribution in [3.63, 3.8) is 0 Å². The Kier molecular flexibility index (Phi) is 3.50. The van der Waals surface area contributed by atoms with Crippen molar-refractivity contribution in [3.05, 3.63) is 55.0 Å². The monoisotopic (exact) mass is 383 g/mol. The average molecular weight is 383 g/mol. The van der Waals surface area contributed by atoms with E-state index in [0.29, 0.717) is 16.6 Å². The van der Waals surface area contributed by atoms with E-state index in [1.807, 2.05) is 23.6 Å². The molecule has 1 saturated carbocycles. The highest BCUT2D eigenvalue weighted by Gasteiger charge is 2.20. The maximum absolute atomic E-state index is 11.4. The minimum Gasteiger partial charge on any atom is -0.493 e. The van der Waals surface area contributed by atoms with Crippen LogP contribution in [0.25, 0.3) is 22.3 Å². The van der Waals surface area contributed by atoms with Crippen molar-refractivity contribution in [1.29, 1.82) is 0 Å². The molecule has 0 saturated heterocycles. The SMILES string of the molecule is O=c1[nH]c(O)c(C=c2cnn3c(=NC4CC4)cc(-c4cccs4)nc23)s1. The number of nitrogens with one attached hydrogen (secondary N) is 1. The maximum atomic E-state index is 11.4. The van der Waals surface area contributed by atoms with Crippen molar-refractivity contribution < 1.29 is 5.11 Å². The Labute approximate surface area is 154 Å². The van der Waals surface area contributed by atoms with Gasteiger partial charge in [-0.2, -0.15) is 9.61 Å². The van der Waals surface area contributed by atoms with Crippen molar-refractivity contribution in [1.82, 2.24) is 19.6 Å². The van der Waals surface area contributed by atoms with Crippen LogP contribution in [0.4, 0.5) is 0 Å². The standard InChI is InChI=1S/C17H13N5O2S2/c23-16-13(26-17(24)21-16)6-9-8-18-22-14(19-10-3-4-10)7-11(20-15(9)22)12-2-1-5-25-12/h1-2,5-8,10,23H,3-4H2,(H,21,24). The molecule has 130 valence electrons. The molecule has 0 aliphatic heterocycles. The fraction of sp³-hybridized carbons (Fsp3) is 0.176. The summed E-state index contributed by atoms with van der Waals surface area (Å²) in [5.74, 6) is -0.142. The predicted octanol–water partition coefficient (Wildman–Crippen LogP) is 1.52. The number of thiophene rings is 1. The molecule has 5 rings (SSSR count). The van der Waals surface area contributed by atoms with E-state index in [2.05, 4.69) is 10.1 Å². The zero-order valence-corrected chi connectivity index (χ0v) is 15.0. The summed E-state index contributed by atoms with van der Waals surface area (Å²) >= 11 is 2.56. The summed E-state index contributed by atoms with van der Waals surface area (Å²) in [5, 5.41) is 17.0. The lowest BCUT2D eigenvalue weighted by Crippen LogP contribution is -2.19. The molecular formula is C17H13N5O2S2. The average Bonchev–Trinajstić information content (AvgIpc) is 3.01. The van der Waals surface area contributed by atoms with Crippen molar-refractivity contribution in [2.24, 2.45) is 4.99 Å². The van der Waals surface area contributed by atoms with E-state index < -0.39 is 0 Å². The largest absolute Gasteiger partial charge is 0.493 e. The molecule has 0 amide bonds. The molecule has 0 bridgehead atoms. The van der Waals surface area contributed by atoms with Gasteiger partial charge in [0.05, 0.1) is 27.7 Å². The second kappa shape index (κ2) is 5.89. The van der Waals surface area contributed by atoms with E-state index in [-0.39, 0.29) is 10.8 Å². The Morgan fingerprint density at radius 3 is 3.00 bits per heavy atom. The van der Waals surface area contributed by atoms with Crippen molar-refractivity contribution in [3.8, 4) is 16.5 Å². The third-order valence-corrected chi connectivity index (χ3v) is 5.77. The van der Waals surface area contributed by atoms with E-state index >= 15 is 0 Å². The summed E-state index contributed by atoms with van der Waals surface area (Å²) < 4.78 is 1.72. The second-order valence-electron chi connectivity index (χ2n) is 6.04. The molecule has 7 nitrogen and oxygen atoms in total. The van der Waals surface area contributed by atoms with E-state index in [1.54, 1.807) is 28.1 Å². The quantitative estimate of drug-likeness (QED) is 0.561. The van der Waals surface area contributed by atoms with E-state index in [0.717, 1.165) is 45.5 Å². The molecule has 1 fully saturated rings. The lowest BCUT2D eigenvalue weighted by atomic mass is 10.3. The Hall–Kier alpha value is -2.78. The summed E-state index contributed by atoms with van der Waals surface area (Å²) in [6.07, 6.45) is 5.59. The molecule has 0 atom stereocenters. The Balaban J connectivity index is 1.80. The maximum Gasteiger partial charge on any atom is 0.307 e. The summed E-state index contributed by atoms with van der Waals surface area (Å²) in [7, 11) is 0. The number of fused-ring (bicyclic) bond motifs is 1. The number of hydrogen-bond acceptors (Lipinski definition) is 7. The van der Waals surface area contributed by atoms with E-state index in [4.69, 9.17) is 9.98 Å². The first-order chi connectivity index (χ1) is 12.7. The summed E-state index contributed by atoms with van der Waals surface area (Å²) in [6.45, 7) is 0. The molecule has 4 aromatic rings. The lowest BCUT2D eigenvalue weighted by Gasteiger charge is -2.00. The van der Waals surface area contributed by atoms with Crippen LogP contribution < -0.4 is 15.6 Å². The smallest absolute Gasteiger partial charge is 0.307 e. The normalized spacial score (nSPS) is 16.0. The van der Waals surface area contributed by atoms with Gasteiger partial charge < -0.3 is 5.11 Å². The Morgan fingerprint density at radius 2 is 2.31 bits per heavy atom. The van der Waals surface area contributed by atoms with E-state index in [9.17, 15) is 9.90 Å². The molecule has 0 spiro atoms. The van der Waals surface area contributed by atoms with Gasteiger partial charge in [-0.05, 0) is 30.4 Å². The minimum absolute atomic E-state index is 0.142. The highest BCUT2D eigenvalue weighted by molar-refractivity contribution is 7.13. The first-order valence-electron chi connectivity index (χ1n) is 8.08. The van der Waals surface area contributed by atoms with Crippen molar-refractivity contribution in [2.75, 3.05) is 0 Å². The van der Waals surface area contributed by atoms with Gasteiger partial charge in [-0.25, -0.2) is 4.98 Å². The number of nitrogens with zero attached hydrogens (tertiary/aromatic N) is 4. The zero-order chi connectivity index (χ0) is 17.7. The van der Waals surface area contributed by atoms with Gasteiger partial charge in [-0.3, -0.25) is 14.8 Å². The number of hydrogen-bond donors (Lipinski definition) is 2. The van der Waals surface area contributed by atoms with Gasteiger partial charge in [0.1, 0.15) is 0 Å². The zero-order valence-electron chi connectivity index (χ0n) is 13.4. The van der Waals surface area contributed by atoms with Crippen LogP contribution >= 0.6 is 22.7 Å². The molecule has 0 aromatic carbocycles. The van der Waals surface area contributed by atoms with Gasteiger partial charge >= 0.3 is 4.87 Å². The lowest BCUT2D eigenvalue weighted by molar-refractivity contribution is 0.455. The van der Waals surface area contributed by atoms with E-state index in [1.165, 1.54) is 0 Å². The number of thiazole rings is 1. The number of aromatic nitrogens is 4. The third kappa shape index (κ3) is 2.74. The number of rotatable bonds is 3. The van der Waals surface area contributed by atoms with Crippen LogP contribution in [0.15, 0.2) is 39.6 Å². The van der Waals surface area contributed by atoms with Crippen molar-refractivity contribution in [2.45, 2.75) is 18.9 Å². The van der Waals surface area contributed by atoms with Gasteiger partial charge in [0.15, 0.2) is 11.1 Å². The molecular weight excluding hydrogens is 370 g/mol. The summed E-state index contributed by atoms with van der Waals surface area (Å²) in [5.41, 5.74) is 2.26. The fourth-order valence-corrected chi connectivity index (χ4v) is 4.04. The first-order valence-corrected chi connectivity index (χ1v) is 9.77. The minimum atomic E-state index is -0.304. The molecule has 2 N–H and O–H groups in total. The van der Waals surface area contributed by atoms with Gasteiger partial charge in [0, 0.05) is 11.3 Å². The first kappa shape index (κ1) is 15.5. The van der Waals surface area contributed by atoms with Crippen LogP contribution in [0, 0.1) is 0 Å². The number of aromatic amines is 1. The molecule has 4 heterocycles. The molecule has 0 unspecified atom stereocenters. The second-order valence-corrected chi connectivity index (χ2v) is 8.01. The molecule has 26 heavy (non-hydrogen) atoms. The number of aromatic hydroxyl groups is 1. The van der Waals surface area contributed by atoms with Crippen LogP contribution in [0.5, 0.6) is 5.88 Å². The molecule has 9 heteroatoms. The van der Waals surface area contributed by atoms with Crippen LogP contribution in [0.1, 0.15) is 17.7 Å². The third-order valence-electron chi connectivity index (χ3n) is 4.06. The van der Waals surface area contributed by atoms with Crippen molar-refractivity contribution >= 4 is 34.4 Å². The predicted molar refractivity (Wildman–Crippen MR) is 100 cm³/mol. The summed E-state index contributed by atoms with van der Waals surface area (Å²) in [4.78, 5) is 24.5. The van der Waals surface area contributed by atoms with Gasteiger partial charge in [0.2, 0.25) is 5.88 Å². The summed E-state index contributed by atoms with van der Waals surface area (Å²) in [6, 6.07) is 6.32. The van der Waals surface area contributed by atoms with Crippen LogP contribution in [0.2, 0.25) is 0 Å².